The van der Waals surface area contributed by atoms with Crippen LogP contribution in [0.4, 0.5) is 0 Å². The molecule has 16 heavy (non-hydrogen) atoms. The summed E-state index contributed by atoms with van der Waals surface area (Å²) in [6.07, 6.45) is 3.92. The molecule has 1 N–H and O–H groups in total. The Bertz CT molecular complexity index is 307. The zero-order valence-corrected chi connectivity index (χ0v) is 9.85. The molecule has 0 amide bonds. The van der Waals surface area contributed by atoms with Gasteiger partial charge in [-0.2, -0.15) is 0 Å². The van der Waals surface area contributed by atoms with Gasteiger partial charge in [0.25, 0.3) is 0 Å². The number of nitrogens with zero attached hydrogens (tertiary/aromatic N) is 3. The minimum atomic E-state index is 0.829. The molecule has 1 aliphatic heterocycles. The number of hydrogen-bond donors (Lipinski definition) is 1. The van der Waals surface area contributed by atoms with E-state index in [1.165, 1.54) is 0 Å². The summed E-state index contributed by atoms with van der Waals surface area (Å²) in [4.78, 5) is 6.76. The van der Waals surface area contributed by atoms with Gasteiger partial charge in [0.1, 0.15) is 5.82 Å². The molecule has 2 rings (SSSR count). The highest BCUT2D eigenvalue weighted by Crippen LogP contribution is 2.01. The summed E-state index contributed by atoms with van der Waals surface area (Å²) in [5, 5.41) is 3.13. The normalized spacial score (nSPS) is 17.8. The molecule has 5 nitrogen and oxygen atoms in total. The Kier molecular flexibility index (Phi) is 4.33. The van der Waals surface area contributed by atoms with Crippen LogP contribution in [-0.2, 0) is 17.8 Å². The fraction of sp³-hybridized carbons (Fsp3) is 0.727. The minimum absolute atomic E-state index is 0.829. The number of ether oxygens (including phenoxy) is 1. The molecule has 0 atom stereocenters. The van der Waals surface area contributed by atoms with Gasteiger partial charge in [-0.25, -0.2) is 4.98 Å². The summed E-state index contributed by atoms with van der Waals surface area (Å²) in [6.45, 7) is 6.76. The standard InChI is InChI=1S/C11H20N4O/c1-12-10-11-13-2-3-15(11)5-4-14-6-8-16-9-7-14/h2-3,12H,4-10H2,1H3. The lowest BCUT2D eigenvalue weighted by molar-refractivity contribution is 0.0363. The summed E-state index contributed by atoms with van der Waals surface area (Å²) in [6, 6.07) is 0. The largest absolute Gasteiger partial charge is 0.379 e. The molecule has 5 heteroatoms. The van der Waals surface area contributed by atoms with E-state index in [9.17, 15) is 0 Å². The molecule has 1 saturated heterocycles. The second-order valence-corrected chi connectivity index (χ2v) is 4.02. The third-order valence-corrected chi connectivity index (χ3v) is 2.90. The van der Waals surface area contributed by atoms with Crippen LogP contribution in [0.5, 0.6) is 0 Å². The molecular formula is C11H20N4O. The van der Waals surface area contributed by atoms with Gasteiger partial charge >= 0.3 is 0 Å². The Balaban J connectivity index is 1.81. The highest BCUT2D eigenvalue weighted by atomic mass is 16.5. The first-order valence-corrected chi connectivity index (χ1v) is 5.85. The highest BCUT2D eigenvalue weighted by Gasteiger charge is 2.10. The number of hydrogen-bond acceptors (Lipinski definition) is 4. The number of rotatable bonds is 5. The maximum Gasteiger partial charge on any atom is 0.122 e. The van der Waals surface area contributed by atoms with Gasteiger partial charge in [0.15, 0.2) is 0 Å². The van der Waals surface area contributed by atoms with Crippen molar-refractivity contribution in [3.8, 4) is 0 Å². The third-order valence-electron chi connectivity index (χ3n) is 2.90. The summed E-state index contributed by atoms with van der Waals surface area (Å²) < 4.78 is 7.54. The zero-order valence-electron chi connectivity index (χ0n) is 9.85. The van der Waals surface area contributed by atoms with E-state index in [4.69, 9.17) is 4.74 Å². The molecule has 1 aromatic rings. The van der Waals surface area contributed by atoms with Crippen LogP contribution in [-0.4, -0.2) is 54.3 Å². The van der Waals surface area contributed by atoms with Crippen molar-refractivity contribution in [3.63, 3.8) is 0 Å². The molecule has 0 aromatic carbocycles. The Labute approximate surface area is 96.4 Å². The van der Waals surface area contributed by atoms with Gasteiger partial charge in [0.2, 0.25) is 0 Å². The number of aromatic nitrogens is 2. The van der Waals surface area contributed by atoms with E-state index in [2.05, 4.69) is 19.8 Å². The van der Waals surface area contributed by atoms with E-state index in [0.717, 1.165) is 51.8 Å². The maximum absolute atomic E-state index is 5.33. The zero-order chi connectivity index (χ0) is 11.2. The summed E-state index contributed by atoms with van der Waals surface area (Å²) in [5.41, 5.74) is 0. The number of morpholine rings is 1. The van der Waals surface area contributed by atoms with Gasteiger partial charge in [0, 0.05) is 38.6 Å². The Morgan fingerprint density at radius 2 is 2.19 bits per heavy atom. The Hall–Kier alpha value is -0.910. The van der Waals surface area contributed by atoms with Gasteiger partial charge in [-0.05, 0) is 7.05 Å². The molecule has 0 aliphatic carbocycles. The average molecular weight is 224 g/mol. The van der Waals surface area contributed by atoms with Crippen molar-refractivity contribution in [2.75, 3.05) is 39.9 Å². The lowest BCUT2D eigenvalue weighted by atomic mass is 10.4. The van der Waals surface area contributed by atoms with Gasteiger partial charge < -0.3 is 14.6 Å². The van der Waals surface area contributed by atoms with Crippen molar-refractivity contribution >= 4 is 0 Å². The van der Waals surface area contributed by atoms with Crippen LogP contribution in [0.3, 0.4) is 0 Å². The predicted molar refractivity (Wildman–Crippen MR) is 62.2 cm³/mol. The third kappa shape index (κ3) is 3.04. The van der Waals surface area contributed by atoms with Gasteiger partial charge in [-0.3, -0.25) is 4.90 Å². The van der Waals surface area contributed by atoms with Crippen molar-refractivity contribution < 1.29 is 4.74 Å². The molecule has 1 aromatic heterocycles. The lowest BCUT2D eigenvalue weighted by Crippen LogP contribution is -2.38. The van der Waals surface area contributed by atoms with Crippen LogP contribution in [0.15, 0.2) is 12.4 Å². The summed E-state index contributed by atoms with van der Waals surface area (Å²) in [5.74, 6) is 1.11. The van der Waals surface area contributed by atoms with E-state index < -0.39 is 0 Å². The quantitative estimate of drug-likeness (QED) is 0.760. The van der Waals surface area contributed by atoms with Crippen LogP contribution in [0.1, 0.15) is 5.82 Å². The van der Waals surface area contributed by atoms with Crippen LogP contribution in [0.25, 0.3) is 0 Å². The van der Waals surface area contributed by atoms with Gasteiger partial charge in [0.05, 0.1) is 19.8 Å². The SMILES string of the molecule is CNCc1nccn1CCN1CCOCC1. The van der Waals surface area contributed by atoms with Crippen molar-refractivity contribution in [2.24, 2.45) is 0 Å². The first kappa shape index (κ1) is 11.6. The first-order valence-electron chi connectivity index (χ1n) is 5.85. The van der Waals surface area contributed by atoms with Gasteiger partial charge in [-0.15, -0.1) is 0 Å². The molecule has 0 saturated carbocycles. The predicted octanol–water partition coefficient (Wildman–Crippen LogP) is -0.0653. The lowest BCUT2D eigenvalue weighted by Gasteiger charge is -2.26. The smallest absolute Gasteiger partial charge is 0.122 e. The fourth-order valence-electron chi connectivity index (χ4n) is 1.94. The Morgan fingerprint density at radius 1 is 1.38 bits per heavy atom. The Morgan fingerprint density at radius 3 is 2.94 bits per heavy atom. The first-order chi connectivity index (χ1) is 7.90. The average Bonchev–Trinajstić information content (AvgIpc) is 2.76. The van der Waals surface area contributed by atoms with E-state index in [1.807, 2.05) is 19.4 Å². The fourth-order valence-corrected chi connectivity index (χ4v) is 1.94. The molecule has 2 heterocycles. The molecule has 0 unspecified atom stereocenters. The van der Waals surface area contributed by atoms with Crippen molar-refractivity contribution in [3.05, 3.63) is 18.2 Å². The van der Waals surface area contributed by atoms with Gasteiger partial charge in [-0.1, -0.05) is 0 Å². The van der Waals surface area contributed by atoms with E-state index in [1.54, 1.807) is 0 Å². The minimum Gasteiger partial charge on any atom is -0.379 e. The molecular weight excluding hydrogens is 204 g/mol. The molecule has 1 aliphatic rings. The molecule has 0 bridgehead atoms. The van der Waals surface area contributed by atoms with Crippen molar-refractivity contribution in [1.29, 1.82) is 0 Å². The van der Waals surface area contributed by atoms with Crippen molar-refractivity contribution in [2.45, 2.75) is 13.1 Å². The molecule has 0 radical (unpaired) electrons. The van der Waals surface area contributed by atoms with E-state index in [0.29, 0.717) is 0 Å². The maximum atomic E-state index is 5.33. The summed E-state index contributed by atoms with van der Waals surface area (Å²) in [7, 11) is 1.95. The topological polar surface area (TPSA) is 42.3 Å². The molecule has 0 spiro atoms. The number of imidazole rings is 1. The van der Waals surface area contributed by atoms with Crippen molar-refractivity contribution in [1.82, 2.24) is 19.8 Å². The van der Waals surface area contributed by atoms with Crippen LogP contribution in [0.2, 0.25) is 0 Å². The van der Waals surface area contributed by atoms with E-state index in [-0.39, 0.29) is 0 Å². The molecule has 1 fully saturated rings. The monoisotopic (exact) mass is 224 g/mol. The number of nitrogens with one attached hydrogen (secondary N) is 1. The summed E-state index contributed by atoms with van der Waals surface area (Å²) >= 11 is 0. The second kappa shape index (κ2) is 5.98. The second-order valence-electron chi connectivity index (χ2n) is 4.02. The van der Waals surface area contributed by atoms with E-state index >= 15 is 0 Å². The molecule has 90 valence electrons. The van der Waals surface area contributed by atoms with Crippen LogP contribution >= 0.6 is 0 Å². The van der Waals surface area contributed by atoms with Crippen LogP contribution < -0.4 is 5.32 Å². The van der Waals surface area contributed by atoms with Crippen LogP contribution in [0, 0.1) is 0 Å². The highest BCUT2D eigenvalue weighted by molar-refractivity contribution is 4.91.